The average molecular weight is 756 g/mol. The highest BCUT2D eigenvalue weighted by Gasteiger charge is 2.21. The molecule has 11 rings (SSSR count). The molecule has 0 unspecified atom stereocenters. The highest BCUT2D eigenvalue weighted by molar-refractivity contribution is 7.26. The molecule has 0 aliphatic carbocycles. The van der Waals surface area contributed by atoms with Gasteiger partial charge in [0, 0.05) is 37.2 Å². The number of nitrogens with zero attached hydrogens (tertiary/aromatic N) is 1. The average Bonchev–Trinajstić information content (AvgIpc) is 3.69. The van der Waals surface area contributed by atoms with E-state index >= 15 is 0 Å². The lowest BCUT2D eigenvalue weighted by Crippen LogP contribution is -2.10. The molecule has 0 atom stereocenters. The second-order valence-electron chi connectivity index (χ2n) is 14.9. The standard InChI is InChI=1S/C56H37NS/c1-3-14-38(15-4-1)40-26-30-44(31-27-40)57(45-32-28-41(29-33-45)39-16-5-2-6-17-39)46-20-13-19-42(36-46)48-34-35-54-56(51-24-11-12-25-53(51)58-54)55(48)52-37-43-18-7-8-21-47(43)49-22-9-10-23-50(49)52/h1-37H. The van der Waals surface area contributed by atoms with Crippen LogP contribution in [-0.4, -0.2) is 0 Å². The van der Waals surface area contributed by atoms with Gasteiger partial charge in [-0.1, -0.05) is 170 Å². The number of hydrogen-bond donors (Lipinski definition) is 0. The summed E-state index contributed by atoms with van der Waals surface area (Å²) in [7, 11) is 0. The molecule has 10 aromatic carbocycles. The fourth-order valence-electron chi connectivity index (χ4n) is 8.72. The predicted octanol–water partition coefficient (Wildman–Crippen LogP) is 16.5. The van der Waals surface area contributed by atoms with Crippen molar-refractivity contribution in [3.63, 3.8) is 0 Å². The first-order valence-electron chi connectivity index (χ1n) is 19.8. The van der Waals surface area contributed by atoms with Crippen molar-refractivity contribution in [3.05, 3.63) is 224 Å². The summed E-state index contributed by atoms with van der Waals surface area (Å²) in [5, 5.41) is 7.67. The first-order chi connectivity index (χ1) is 28.8. The zero-order chi connectivity index (χ0) is 38.4. The summed E-state index contributed by atoms with van der Waals surface area (Å²) in [4.78, 5) is 2.39. The monoisotopic (exact) mass is 755 g/mol. The topological polar surface area (TPSA) is 3.24 Å². The number of benzene rings is 10. The summed E-state index contributed by atoms with van der Waals surface area (Å²) in [6.07, 6.45) is 0. The minimum absolute atomic E-state index is 1.10. The van der Waals surface area contributed by atoms with E-state index in [0.717, 1.165) is 17.1 Å². The van der Waals surface area contributed by atoms with Crippen molar-refractivity contribution >= 4 is 70.1 Å². The highest BCUT2D eigenvalue weighted by Crippen LogP contribution is 2.49. The van der Waals surface area contributed by atoms with E-state index in [-0.39, 0.29) is 0 Å². The van der Waals surface area contributed by atoms with Gasteiger partial charge < -0.3 is 4.90 Å². The van der Waals surface area contributed by atoms with E-state index in [1.54, 1.807) is 0 Å². The Morgan fingerprint density at radius 1 is 0.293 bits per heavy atom. The summed E-state index contributed by atoms with van der Waals surface area (Å²) in [5.41, 5.74) is 13.0. The van der Waals surface area contributed by atoms with Crippen molar-refractivity contribution in [2.45, 2.75) is 0 Å². The van der Waals surface area contributed by atoms with Gasteiger partial charge in [-0.05, 0) is 121 Å². The van der Waals surface area contributed by atoms with E-state index in [1.165, 1.54) is 86.2 Å². The zero-order valence-corrected chi connectivity index (χ0v) is 32.5. The van der Waals surface area contributed by atoms with Gasteiger partial charge in [0.25, 0.3) is 0 Å². The molecule has 272 valence electrons. The molecule has 0 aliphatic rings. The maximum Gasteiger partial charge on any atom is 0.0467 e. The first-order valence-corrected chi connectivity index (χ1v) is 20.7. The van der Waals surface area contributed by atoms with Crippen LogP contribution in [0.5, 0.6) is 0 Å². The molecule has 1 nitrogen and oxygen atoms in total. The van der Waals surface area contributed by atoms with Gasteiger partial charge in [-0.25, -0.2) is 0 Å². The number of anilines is 3. The van der Waals surface area contributed by atoms with E-state index in [1.807, 2.05) is 11.3 Å². The third-order valence-corrected chi connectivity index (χ3v) is 12.6. The molecule has 0 bridgehead atoms. The Morgan fingerprint density at radius 2 is 0.828 bits per heavy atom. The molecule has 0 radical (unpaired) electrons. The van der Waals surface area contributed by atoms with Gasteiger partial charge in [-0.15, -0.1) is 11.3 Å². The van der Waals surface area contributed by atoms with E-state index in [9.17, 15) is 0 Å². The van der Waals surface area contributed by atoms with E-state index in [2.05, 4.69) is 229 Å². The molecule has 1 heterocycles. The Hall–Kier alpha value is -7.26. The Morgan fingerprint density at radius 3 is 1.50 bits per heavy atom. The third kappa shape index (κ3) is 5.94. The minimum Gasteiger partial charge on any atom is -0.310 e. The smallest absolute Gasteiger partial charge is 0.0467 e. The van der Waals surface area contributed by atoms with Crippen LogP contribution >= 0.6 is 11.3 Å². The van der Waals surface area contributed by atoms with Crippen molar-refractivity contribution in [2.24, 2.45) is 0 Å². The van der Waals surface area contributed by atoms with E-state index < -0.39 is 0 Å². The van der Waals surface area contributed by atoms with Crippen molar-refractivity contribution in [1.82, 2.24) is 0 Å². The van der Waals surface area contributed by atoms with Gasteiger partial charge in [0.2, 0.25) is 0 Å². The number of rotatable bonds is 7. The normalized spacial score (nSPS) is 11.4. The van der Waals surface area contributed by atoms with Gasteiger partial charge in [0.1, 0.15) is 0 Å². The number of fused-ring (bicyclic) bond motifs is 6. The number of hydrogen-bond acceptors (Lipinski definition) is 2. The third-order valence-electron chi connectivity index (χ3n) is 11.5. The van der Waals surface area contributed by atoms with Crippen LogP contribution in [0, 0.1) is 0 Å². The zero-order valence-electron chi connectivity index (χ0n) is 31.7. The number of thiophene rings is 1. The molecule has 11 aromatic rings. The maximum atomic E-state index is 2.42. The largest absolute Gasteiger partial charge is 0.310 e. The van der Waals surface area contributed by atoms with E-state index in [4.69, 9.17) is 0 Å². The molecular formula is C56H37NS. The van der Waals surface area contributed by atoms with E-state index in [0.29, 0.717) is 0 Å². The van der Waals surface area contributed by atoms with Gasteiger partial charge in [0.05, 0.1) is 0 Å². The van der Waals surface area contributed by atoms with Crippen LogP contribution in [0.25, 0.3) is 86.2 Å². The fraction of sp³-hybridized carbons (Fsp3) is 0. The Labute approximate surface area is 342 Å². The quantitative estimate of drug-likeness (QED) is 0.146. The molecule has 0 spiro atoms. The molecule has 0 aliphatic heterocycles. The fourth-order valence-corrected chi connectivity index (χ4v) is 9.84. The molecule has 0 saturated carbocycles. The second kappa shape index (κ2) is 14.4. The summed E-state index contributed by atoms with van der Waals surface area (Å²) < 4.78 is 2.60. The van der Waals surface area contributed by atoms with Crippen LogP contribution in [-0.2, 0) is 0 Å². The molecule has 0 saturated heterocycles. The lowest BCUT2D eigenvalue weighted by atomic mass is 9.86. The molecule has 2 heteroatoms. The van der Waals surface area contributed by atoms with Crippen LogP contribution in [0.4, 0.5) is 17.1 Å². The maximum absolute atomic E-state index is 2.42. The minimum atomic E-state index is 1.10. The van der Waals surface area contributed by atoms with Crippen molar-refractivity contribution in [3.8, 4) is 44.5 Å². The molecule has 58 heavy (non-hydrogen) atoms. The molecule has 0 amide bonds. The summed E-state index contributed by atoms with van der Waals surface area (Å²) in [5.74, 6) is 0. The lowest BCUT2D eigenvalue weighted by Gasteiger charge is -2.27. The lowest BCUT2D eigenvalue weighted by molar-refractivity contribution is 1.28. The van der Waals surface area contributed by atoms with Gasteiger partial charge in [0.15, 0.2) is 0 Å². The first kappa shape index (κ1) is 34.0. The van der Waals surface area contributed by atoms with Crippen molar-refractivity contribution < 1.29 is 0 Å². The van der Waals surface area contributed by atoms with Crippen LogP contribution in [0.3, 0.4) is 0 Å². The molecular weight excluding hydrogens is 719 g/mol. The van der Waals surface area contributed by atoms with Gasteiger partial charge in [-0.3, -0.25) is 0 Å². The predicted molar refractivity (Wildman–Crippen MR) is 251 cm³/mol. The Kier molecular flexibility index (Phi) is 8.42. The molecule has 0 fully saturated rings. The summed E-state index contributed by atoms with van der Waals surface area (Å²) in [6, 6.07) is 81.9. The molecule has 0 N–H and O–H groups in total. The second-order valence-corrected chi connectivity index (χ2v) is 15.9. The van der Waals surface area contributed by atoms with Crippen LogP contribution in [0.15, 0.2) is 224 Å². The van der Waals surface area contributed by atoms with Gasteiger partial charge >= 0.3 is 0 Å². The van der Waals surface area contributed by atoms with Crippen molar-refractivity contribution in [2.75, 3.05) is 4.90 Å². The highest BCUT2D eigenvalue weighted by atomic mass is 32.1. The van der Waals surface area contributed by atoms with Crippen LogP contribution < -0.4 is 4.90 Å². The Bertz CT molecular complexity index is 3170. The summed E-state index contributed by atoms with van der Waals surface area (Å²) >= 11 is 1.88. The van der Waals surface area contributed by atoms with Crippen LogP contribution in [0.2, 0.25) is 0 Å². The van der Waals surface area contributed by atoms with Crippen LogP contribution in [0.1, 0.15) is 0 Å². The SMILES string of the molecule is c1ccc(-c2ccc(N(c3ccc(-c4ccccc4)cc3)c3cccc(-c4ccc5sc6ccccc6c5c4-c4cc5ccccc5c5ccccc45)c3)cc2)cc1. The summed E-state index contributed by atoms with van der Waals surface area (Å²) in [6.45, 7) is 0. The van der Waals surface area contributed by atoms with Gasteiger partial charge in [-0.2, -0.15) is 0 Å². The molecule has 1 aromatic heterocycles. The van der Waals surface area contributed by atoms with Crippen molar-refractivity contribution in [1.29, 1.82) is 0 Å². The Balaban J connectivity index is 1.13.